The van der Waals surface area contributed by atoms with Crippen LogP contribution in [0.3, 0.4) is 0 Å². The molecule has 0 saturated carbocycles. The van der Waals surface area contributed by atoms with Gasteiger partial charge in [0.15, 0.2) is 11.6 Å². The summed E-state index contributed by atoms with van der Waals surface area (Å²) in [6.07, 6.45) is -1.29. The molecule has 1 heterocycles. The fraction of sp³-hybridized carbons (Fsp3) is 0.125. The van der Waals surface area contributed by atoms with Crippen LogP contribution >= 0.6 is 0 Å². The van der Waals surface area contributed by atoms with E-state index >= 15 is 0 Å². The highest BCUT2D eigenvalue weighted by atomic mass is 16.6. The van der Waals surface area contributed by atoms with E-state index in [1.165, 1.54) is 36.4 Å². The predicted molar refractivity (Wildman–Crippen MR) is 141 cm³/mol. The van der Waals surface area contributed by atoms with Gasteiger partial charge < -0.3 is 4.74 Å². The van der Waals surface area contributed by atoms with Gasteiger partial charge in [-0.2, -0.15) is 0 Å². The first-order valence-corrected chi connectivity index (χ1v) is 12.7. The molecule has 8 nitrogen and oxygen atoms in total. The smallest absolute Gasteiger partial charge is 0.269 e. The number of non-ortho nitro benzene ring substituents is 1. The number of nitro groups is 1. The molecule has 1 aliphatic heterocycles. The van der Waals surface area contributed by atoms with E-state index < -0.39 is 51.1 Å². The van der Waals surface area contributed by atoms with Crippen molar-refractivity contribution >= 4 is 28.8 Å². The largest absolute Gasteiger partial charge is 0.348 e. The summed E-state index contributed by atoms with van der Waals surface area (Å²) in [5.41, 5.74) is -3.15. The number of nitro benzene ring substituents is 1. The fourth-order valence-corrected chi connectivity index (χ4v) is 6.74. The second-order valence-electron chi connectivity index (χ2n) is 10.2. The molecule has 0 radical (unpaired) electrons. The van der Waals surface area contributed by atoms with Crippen molar-refractivity contribution in [3.63, 3.8) is 0 Å². The van der Waals surface area contributed by atoms with Gasteiger partial charge in [0.05, 0.1) is 10.8 Å². The van der Waals surface area contributed by atoms with Crippen LogP contribution in [-0.4, -0.2) is 33.7 Å². The lowest BCUT2D eigenvalue weighted by Crippen LogP contribution is -2.51. The second kappa shape index (κ2) is 8.21. The summed E-state index contributed by atoms with van der Waals surface area (Å²) in [5, 5.41) is 11.4. The first-order chi connectivity index (χ1) is 19.3. The van der Waals surface area contributed by atoms with Gasteiger partial charge in [-0.1, -0.05) is 91.0 Å². The number of hydrogen-bond acceptors (Lipinski definition) is 7. The number of carbonyl (C=O) groups excluding carboxylic acids is 4. The van der Waals surface area contributed by atoms with Crippen LogP contribution in [0.2, 0.25) is 0 Å². The Kier molecular flexibility index (Phi) is 4.92. The van der Waals surface area contributed by atoms with Gasteiger partial charge in [0.2, 0.25) is 17.2 Å². The highest BCUT2D eigenvalue weighted by Crippen LogP contribution is 2.67. The average Bonchev–Trinajstić information content (AvgIpc) is 3.52. The minimum Gasteiger partial charge on any atom is -0.348 e. The lowest BCUT2D eigenvalue weighted by molar-refractivity contribution is -0.384. The molecule has 0 N–H and O–H groups in total. The average molecular weight is 530 g/mol. The van der Waals surface area contributed by atoms with E-state index in [2.05, 4.69) is 0 Å². The first kappa shape index (κ1) is 24.0. The van der Waals surface area contributed by atoms with Gasteiger partial charge in [-0.15, -0.1) is 0 Å². The zero-order valence-electron chi connectivity index (χ0n) is 20.8. The standard InChI is InChI=1S/C32H19NO7/c34-26-21-10-4-5-11-22(21)27(35)31(26)25(18-14-16-20(17-15-18)33(38)39)32(40-30(31)19-8-2-1-3-9-19)28(36)23-12-6-7-13-24(23)29(32)37/h1-17,25,30H/t25-,30+/m1/s1. The van der Waals surface area contributed by atoms with Crippen molar-refractivity contribution in [3.8, 4) is 0 Å². The Bertz CT molecular complexity index is 1720. The van der Waals surface area contributed by atoms with Crippen LogP contribution in [0, 0.1) is 15.5 Å². The van der Waals surface area contributed by atoms with E-state index in [9.17, 15) is 29.3 Å². The van der Waals surface area contributed by atoms with Gasteiger partial charge in [-0.05, 0) is 11.1 Å². The van der Waals surface area contributed by atoms with Crippen LogP contribution in [0.5, 0.6) is 0 Å². The number of rotatable bonds is 3. The van der Waals surface area contributed by atoms with Crippen molar-refractivity contribution < 1.29 is 28.8 Å². The lowest BCUT2D eigenvalue weighted by atomic mass is 9.60. The Labute approximate surface area is 227 Å². The SMILES string of the molecule is O=C1c2ccccc2C(=O)C12O[C@@H](c1ccccc1)C1(C(=O)c3ccccc3C1=O)[C@H]2c1ccc([N+](=O)[O-])cc1. The van der Waals surface area contributed by atoms with Crippen molar-refractivity contribution in [2.45, 2.75) is 17.6 Å². The molecule has 2 aliphatic carbocycles. The highest BCUT2D eigenvalue weighted by Gasteiger charge is 2.79. The molecule has 4 aromatic rings. The summed E-state index contributed by atoms with van der Waals surface area (Å²) < 4.78 is 6.58. The van der Waals surface area contributed by atoms with E-state index in [4.69, 9.17) is 4.74 Å². The monoisotopic (exact) mass is 529 g/mol. The highest BCUT2D eigenvalue weighted by molar-refractivity contribution is 6.37. The molecule has 0 unspecified atom stereocenters. The van der Waals surface area contributed by atoms with Gasteiger partial charge in [0, 0.05) is 34.4 Å². The quantitative estimate of drug-likeness (QED) is 0.200. The molecule has 4 aromatic carbocycles. The molecular weight excluding hydrogens is 510 g/mol. The summed E-state index contributed by atoms with van der Waals surface area (Å²) in [6, 6.07) is 26.6. The van der Waals surface area contributed by atoms with Crippen LogP contribution in [0.1, 0.15) is 64.6 Å². The molecule has 0 amide bonds. The maximum absolute atomic E-state index is 14.6. The summed E-state index contributed by atoms with van der Waals surface area (Å²) in [5.74, 6) is -3.81. The van der Waals surface area contributed by atoms with Gasteiger partial charge in [0.1, 0.15) is 11.5 Å². The number of carbonyl (C=O) groups is 4. The number of fused-ring (bicyclic) bond motifs is 2. The van der Waals surface area contributed by atoms with E-state index in [-0.39, 0.29) is 33.5 Å². The minimum atomic E-state index is -2.24. The number of Topliss-reactive ketones (excluding diaryl/α,β-unsaturated/α-hetero) is 4. The molecule has 1 saturated heterocycles. The van der Waals surface area contributed by atoms with Crippen LogP contribution in [-0.2, 0) is 4.74 Å². The maximum atomic E-state index is 14.6. The van der Waals surface area contributed by atoms with E-state index in [0.29, 0.717) is 5.56 Å². The van der Waals surface area contributed by atoms with Gasteiger partial charge in [-0.25, -0.2) is 0 Å². The third kappa shape index (κ3) is 2.78. The molecular formula is C32H19NO7. The Morgan fingerprint density at radius 1 is 0.575 bits per heavy atom. The lowest BCUT2D eigenvalue weighted by Gasteiger charge is -2.34. The summed E-state index contributed by atoms with van der Waals surface area (Å²) in [4.78, 5) is 68.6. The molecule has 40 heavy (non-hydrogen) atoms. The van der Waals surface area contributed by atoms with Crippen molar-refractivity contribution in [3.05, 3.63) is 147 Å². The Balaban J connectivity index is 1.58. The molecule has 3 aliphatic rings. The van der Waals surface area contributed by atoms with E-state index in [1.807, 2.05) is 0 Å². The molecule has 2 atom stereocenters. The predicted octanol–water partition coefficient (Wildman–Crippen LogP) is 5.33. The van der Waals surface area contributed by atoms with E-state index in [0.717, 1.165) is 0 Å². The van der Waals surface area contributed by atoms with Crippen molar-refractivity contribution in [1.82, 2.24) is 0 Å². The fourth-order valence-electron chi connectivity index (χ4n) is 6.74. The van der Waals surface area contributed by atoms with Crippen LogP contribution in [0.25, 0.3) is 0 Å². The van der Waals surface area contributed by atoms with Crippen molar-refractivity contribution in [1.29, 1.82) is 0 Å². The normalized spacial score (nSPS) is 21.7. The van der Waals surface area contributed by atoms with Gasteiger partial charge in [0.25, 0.3) is 5.69 Å². The Morgan fingerprint density at radius 3 is 1.50 bits per heavy atom. The first-order valence-electron chi connectivity index (χ1n) is 12.7. The van der Waals surface area contributed by atoms with Crippen LogP contribution in [0.15, 0.2) is 103 Å². The molecule has 7 rings (SSSR count). The topological polar surface area (TPSA) is 121 Å². The number of ether oxygens (including phenoxy) is 1. The Morgan fingerprint density at radius 2 is 1.02 bits per heavy atom. The molecule has 8 heteroatoms. The van der Waals surface area contributed by atoms with Crippen molar-refractivity contribution in [2.75, 3.05) is 0 Å². The summed E-state index contributed by atoms with van der Waals surface area (Å²) in [7, 11) is 0. The number of benzene rings is 4. The third-order valence-electron chi connectivity index (χ3n) is 8.38. The van der Waals surface area contributed by atoms with Crippen LogP contribution < -0.4 is 0 Å². The molecule has 0 bridgehead atoms. The number of nitrogens with zero attached hydrogens (tertiary/aromatic N) is 1. The maximum Gasteiger partial charge on any atom is 0.269 e. The van der Waals surface area contributed by atoms with Gasteiger partial charge >= 0.3 is 0 Å². The molecule has 1 fully saturated rings. The summed E-state index contributed by atoms with van der Waals surface area (Å²) >= 11 is 0. The number of hydrogen-bond donors (Lipinski definition) is 0. The summed E-state index contributed by atoms with van der Waals surface area (Å²) in [6.45, 7) is 0. The van der Waals surface area contributed by atoms with E-state index in [1.54, 1.807) is 66.7 Å². The molecule has 0 aromatic heterocycles. The van der Waals surface area contributed by atoms with Crippen molar-refractivity contribution in [2.24, 2.45) is 5.41 Å². The second-order valence-corrected chi connectivity index (χ2v) is 10.2. The zero-order valence-corrected chi connectivity index (χ0v) is 20.8. The third-order valence-corrected chi connectivity index (χ3v) is 8.38. The van der Waals surface area contributed by atoms with Gasteiger partial charge in [-0.3, -0.25) is 29.3 Å². The zero-order chi connectivity index (χ0) is 27.8. The minimum absolute atomic E-state index is 0.138. The number of ketones is 4. The van der Waals surface area contributed by atoms with Crippen LogP contribution in [0.4, 0.5) is 5.69 Å². The molecule has 2 spiro atoms. The molecule has 194 valence electrons. The Hall–Kier alpha value is -5.08.